The van der Waals surface area contributed by atoms with Gasteiger partial charge in [0.05, 0.1) is 11.1 Å². The second-order valence-corrected chi connectivity index (χ2v) is 2.31. The van der Waals surface area contributed by atoms with Gasteiger partial charge in [-0.3, -0.25) is 4.91 Å². The van der Waals surface area contributed by atoms with Crippen molar-refractivity contribution in [2.45, 2.75) is 0 Å². The van der Waals surface area contributed by atoms with Crippen molar-refractivity contribution in [1.29, 1.82) is 0 Å². The lowest BCUT2D eigenvalue weighted by atomic mass is 10.1. The van der Waals surface area contributed by atoms with Crippen LogP contribution in [0.5, 0.6) is 0 Å². The molecule has 14 heavy (non-hydrogen) atoms. The minimum atomic E-state index is -0.550. The van der Waals surface area contributed by atoms with E-state index >= 15 is 0 Å². The number of benzene rings is 1. The maximum absolute atomic E-state index is 10.8. The molecule has 2 rings (SSSR count). The molecule has 0 saturated carbocycles. The van der Waals surface area contributed by atoms with Crippen LogP contribution in [0.4, 0.5) is 0 Å². The Morgan fingerprint density at radius 1 is 1.00 bits per heavy atom. The van der Waals surface area contributed by atoms with Crippen LogP contribution in [0.15, 0.2) is 24.3 Å². The summed E-state index contributed by atoms with van der Waals surface area (Å²) in [6.07, 6.45) is 0. The van der Waals surface area contributed by atoms with Crippen molar-refractivity contribution in [3.63, 3.8) is 0 Å². The summed E-state index contributed by atoms with van der Waals surface area (Å²) < 4.78 is 4.35. The van der Waals surface area contributed by atoms with Gasteiger partial charge in [-0.2, -0.15) is 0 Å². The van der Waals surface area contributed by atoms with E-state index in [0.29, 0.717) is 11.1 Å². The fraction of sp³-hybridized carbons (Fsp3) is 0. The maximum Gasteiger partial charge on any atom is 0.346 e. The third-order valence-electron chi connectivity index (χ3n) is 1.55. The molecule has 1 aromatic rings. The molecule has 0 N–H and O–H groups in total. The van der Waals surface area contributed by atoms with Crippen molar-refractivity contribution in [1.82, 2.24) is 0 Å². The molecule has 6 nitrogen and oxygen atoms in total. The first-order valence-electron chi connectivity index (χ1n) is 3.54. The molecule has 1 aliphatic heterocycles. The van der Waals surface area contributed by atoms with Gasteiger partial charge < -0.3 is 15.8 Å². The summed E-state index contributed by atoms with van der Waals surface area (Å²) in [4.78, 5) is 23.2. The molecule has 0 aliphatic carbocycles. The second kappa shape index (κ2) is 4.06. The summed E-state index contributed by atoms with van der Waals surface area (Å²) >= 11 is 0. The summed E-state index contributed by atoms with van der Waals surface area (Å²) in [6, 6.07) is 6.53. The lowest BCUT2D eigenvalue weighted by molar-refractivity contribution is 0.0444. The Morgan fingerprint density at radius 2 is 1.36 bits per heavy atom. The summed E-state index contributed by atoms with van der Waals surface area (Å²) in [7, 11) is 0. The highest BCUT2D eigenvalue weighted by molar-refractivity contribution is 6.14. The van der Waals surface area contributed by atoms with E-state index in [1.165, 1.54) is 4.91 Å². The minimum Gasteiger partial charge on any atom is -0.386 e. The van der Waals surface area contributed by atoms with Crippen molar-refractivity contribution in [2.75, 3.05) is 0 Å². The predicted molar refractivity (Wildman–Crippen MR) is 46.3 cm³/mol. The average Bonchev–Trinajstić information content (AvgIpc) is 2.45. The molecule has 1 aliphatic rings. The second-order valence-electron chi connectivity index (χ2n) is 2.31. The largest absolute Gasteiger partial charge is 0.386 e. The quantitative estimate of drug-likeness (QED) is 0.205. The lowest BCUT2D eigenvalue weighted by Gasteiger charge is -1.86. The van der Waals surface area contributed by atoms with Crippen LogP contribution in [0.25, 0.3) is 16.0 Å². The normalized spacial score (nSPS) is 12.0. The highest BCUT2D eigenvalue weighted by Gasteiger charge is 2.28. The fourth-order valence-electron chi connectivity index (χ4n) is 1.03. The van der Waals surface area contributed by atoms with Gasteiger partial charge in [0.1, 0.15) is 0 Å². The van der Waals surface area contributed by atoms with Crippen molar-refractivity contribution < 1.29 is 14.3 Å². The first-order chi connectivity index (χ1) is 6.70. The SMILES string of the molecule is O=C1OC(=O)c2ccccc21.[N-]=[N+]=[N-]. The number of hydrogen-bond acceptors (Lipinski definition) is 3. The van der Waals surface area contributed by atoms with Crippen LogP contribution >= 0.6 is 0 Å². The number of ether oxygens (including phenoxy) is 1. The van der Waals surface area contributed by atoms with E-state index in [9.17, 15) is 9.59 Å². The Morgan fingerprint density at radius 3 is 1.71 bits per heavy atom. The van der Waals surface area contributed by atoms with Gasteiger partial charge >= 0.3 is 11.9 Å². The number of carbonyl (C=O) groups excluding carboxylic acids is 2. The molecule has 0 radical (unpaired) electrons. The van der Waals surface area contributed by atoms with Crippen LogP contribution in [0, 0.1) is 0 Å². The van der Waals surface area contributed by atoms with Gasteiger partial charge in [-0.05, 0) is 12.1 Å². The molecule has 0 fully saturated rings. The molecule has 1 aromatic carbocycles. The highest BCUT2D eigenvalue weighted by atomic mass is 16.6. The molecule has 6 heteroatoms. The van der Waals surface area contributed by atoms with E-state index < -0.39 is 11.9 Å². The number of rotatable bonds is 0. The van der Waals surface area contributed by atoms with Crippen molar-refractivity contribution in [3.05, 3.63) is 51.4 Å². The Balaban J connectivity index is 0.000000293. The molecule has 0 bridgehead atoms. The summed E-state index contributed by atoms with van der Waals surface area (Å²) in [6.45, 7) is 0. The third kappa shape index (κ3) is 1.70. The van der Waals surface area contributed by atoms with E-state index in [0.717, 1.165) is 0 Å². The molecule has 70 valence electrons. The molecule has 0 unspecified atom stereocenters. The molecular formula is C8H4N3O3-. The Kier molecular flexibility index (Phi) is 2.83. The van der Waals surface area contributed by atoms with Crippen molar-refractivity contribution in [2.24, 2.45) is 0 Å². The molecule has 1 heterocycles. The van der Waals surface area contributed by atoms with Gasteiger partial charge in [0, 0.05) is 0 Å². The Bertz CT molecular complexity index is 389. The number of hydrogen-bond donors (Lipinski definition) is 0. The zero-order chi connectivity index (χ0) is 10.6. The number of fused-ring (bicyclic) bond motifs is 1. The minimum absolute atomic E-state index is 0.359. The monoisotopic (exact) mass is 190 g/mol. The summed E-state index contributed by atoms with van der Waals surface area (Å²) in [5.74, 6) is -1.10. The lowest BCUT2D eigenvalue weighted by Crippen LogP contribution is -1.96. The number of nitrogens with zero attached hydrogens (tertiary/aromatic N) is 3. The summed E-state index contributed by atoms with van der Waals surface area (Å²) in [5.41, 5.74) is 14.2. The van der Waals surface area contributed by atoms with E-state index in [-0.39, 0.29) is 0 Å². The van der Waals surface area contributed by atoms with E-state index in [1.807, 2.05) is 0 Å². The van der Waals surface area contributed by atoms with Crippen molar-refractivity contribution in [3.8, 4) is 0 Å². The van der Waals surface area contributed by atoms with Crippen LogP contribution < -0.4 is 0 Å². The van der Waals surface area contributed by atoms with Gasteiger partial charge in [0.2, 0.25) is 0 Å². The molecule has 0 atom stereocenters. The zero-order valence-electron chi connectivity index (χ0n) is 6.88. The third-order valence-corrected chi connectivity index (χ3v) is 1.55. The Labute approximate surface area is 78.5 Å². The summed E-state index contributed by atoms with van der Waals surface area (Å²) in [5, 5.41) is 0. The molecule has 0 aromatic heterocycles. The standard InChI is InChI=1S/C8H4O3.N3/c9-7-5-3-1-2-4-6(5)8(10)11-7;1-3-2/h1-4H;/q;-1. The van der Waals surface area contributed by atoms with Crippen LogP contribution in [0.3, 0.4) is 0 Å². The van der Waals surface area contributed by atoms with Crippen LogP contribution in [-0.4, -0.2) is 11.9 Å². The van der Waals surface area contributed by atoms with Gasteiger partial charge in [-0.1, -0.05) is 12.1 Å². The fourth-order valence-corrected chi connectivity index (χ4v) is 1.03. The van der Waals surface area contributed by atoms with Crippen LogP contribution in [-0.2, 0) is 4.74 Å². The van der Waals surface area contributed by atoms with Crippen LogP contribution in [0.1, 0.15) is 20.7 Å². The maximum atomic E-state index is 10.8. The number of carbonyl (C=O) groups is 2. The van der Waals surface area contributed by atoms with E-state index in [1.54, 1.807) is 24.3 Å². The Hall–Kier alpha value is -2.33. The van der Waals surface area contributed by atoms with E-state index in [4.69, 9.17) is 11.1 Å². The molecule has 0 spiro atoms. The first-order valence-corrected chi connectivity index (χ1v) is 3.54. The van der Waals surface area contributed by atoms with Gasteiger partial charge in [-0.15, -0.1) is 0 Å². The average molecular weight is 190 g/mol. The molecular weight excluding hydrogens is 186 g/mol. The van der Waals surface area contributed by atoms with Gasteiger partial charge in [-0.25, -0.2) is 9.59 Å². The van der Waals surface area contributed by atoms with Gasteiger partial charge in [0.15, 0.2) is 0 Å². The van der Waals surface area contributed by atoms with Gasteiger partial charge in [0.25, 0.3) is 0 Å². The molecule has 0 amide bonds. The predicted octanol–water partition coefficient (Wildman–Crippen LogP) is 1.86. The first kappa shape index (κ1) is 9.76. The van der Waals surface area contributed by atoms with Crippen LogP contribution in [0.2, 0.25) is 0 Å². The smallest absolute Gasteiger partial charge is 0.346 e. The van der Waals surface area contributed by atoms with Crippen molar-refractivity contribution >= 4 is 11.9 Å². The highest BCUT2D eigenvalue weighted by Crippen LogP contribution is 2.18. The molecule has 0 saturated heterocycles. The topological polar surface area (TPSA) is 102 Å². The zero-order valence-corrected chi connectivity index (χ0v) is 6.88. The number of cyclic esters (lactones) is 2. The number of esters is 2. The van der Waals surface area contributed by atoms with E-state index in [2.05, 4.69) is 4.74 Å².